The van der Waals surface area contributed by atoms with Gasteiger partial charge in [-0.1, -0.05) is 0 Å². The molecule has 3 saturated heterocycles. The molecule has 0 bridgehead atoms. The molecule has 3 fully saturated rings. The zero-order chi connectivity index (χ0) is 19.6. The Morgan fingerprint density at radius 1 is 0.815 bits per heavy atom. The van der Waals surface area contributed by atoms with Gasteiger partial charge in [0.2, 0.25) is 11.8 Å². The van der Waals surface area contributed by atoms with E-state index in [2.05, 4.69) is 0 Å². The summed E-state index contributed by atoms with van der Waals surface area (Å²) in [4.78, 5) is 41.0. The predicted molar refractivity (Wildman–Crippen MR) is 87.5 cm³/mol. The summed E-state index contributed by atoms with van der Waals surface area (Å²) in [5.74, 6) is -2.55. The van der Waals surface area contributed by atoms with Crippen LogP contribution in [0.15, 0.2) is 0 Å². The highest BCUT2D eigenvalue weighted by Gasteiger charge is 2.45. The molecule has 0 N–H and O–H groups in total. The molecule has 1 atom stereocenters. The normalized spacial score (nSPS) is 25.0. The molecular formula is C17H24F3N3O4. The molecule has 0 aromatic carbocycles. The van der Waals surface area contributed by atoms with Crippen molar-refractivity contribution in [3.8, 4) is 0 Å². The zero-order valence-electron chi connectivity index (χ0n) is 15.0. The minimum absolute atomic E-state index is 0.0752. The van der Waals surface area contributed by atoms with Crippen LogP contribution in [-0.2, 0) is 19.1 Å². The topological polar surface area (TPSA) is 70.2 Å². The fourth-order valence-electron chi connectivity index (χ4n) is 4.03. The van der Waals surface area contributed by atoms with Gasteiger partial charge in [0.25, 0.3) is 0 Å². The summed E-state index contributed by atoms with van der Waals surface area (Å²) in [6, 6.07) is -0.495. The van der Waals surface area contributed by atoms with Gasteiger partial charge < -0.3 is 19.4 Å². The average molecular weight is 391 g/mol. The van der Waals surface area contributed by atoms with E-state index in [4.69, 9.17) is 4.74 Å². The van der Waals surface area contributed by atoms with Gasteiger partial charge in [0.05, 0.1) is 13.2 Å². The lowest BCUT2D eigenvalue weighted by Crippen LogP contribution is -2.53. The fraction of sp³-hybridized carbons (Fsp3) is 0.824. The van der Waals surface area contributed by atoms with Crippen LogP contribution in [0, 0.1) is 5.92 Å². The van der Waals surface area contributed by atoms with Crippen LogP contribution < -0.4 is 0 Å². The lowest BCUT2D eigenvalue weighted by atomic mass is 9.94. The average Bonchev–Trinajstić information content (AvgIpc) is 3.16. The third kappa shape index (κ3) is 4.36. The first kappa shape index (κ1) is 19.9. The van der Waals surface area contributed by atoms with Crippen molar-refractivity contribution >= 4 is 17.7 Å². The lowest BCUT2D eigenvalue weighted by Gasteiger charge is -2.36. The van der Waals surface area contributed by atoms with E-state index in [-0.39, 0.29) is 37.7 Å². The number of carbonyl (C=O) groups excluding carboxylic acids is 3. The smallest absolute Gasteiger partial charge is 0.378 e. The van der Waals surface area contributed by atoms with Crippen molar-refractivity contribution in [3.05, 3.63) is 0 Å². The number of morpholine rings is 1. The minimum Gasteiger partial charge on any atom is -0.378 e. The summed E-state index contributed by atoms with van der Waals surface area (Å²) < 4.78 is 42.9. The standard InChI is InChI=1S/C17H24F3N3O4/c18-17(19,20)16(26)22-6-3-12(4-7-22)14(24)23-5-1-2-13(23)15(25)21-8-10-27-11-9-21/h12-13H,1-11H2/t13-/m0/s1. The van der Waals surface area contributed by atoms with E-state index in [0.29, 0.717) is 39.3 Å². The number of alkyl halides is 3. The highest BCUT2D eigenvalue weighted by Crippen LogP contribution is 2.28. The maximum absolute atomic E-state index is 12.9. The number of amides is 3. The third-order valence-corrected chi connectivity index (χ3v) is 5.52. The molecule has 3 aliphatic heterocycles. The number of nitrogens with zero attached hydrogens (tertiary/aromatic N) is 3. The summed E-state index contributed by atoms with van der Waals surface area (Å²) in [5, 5.41) is 0. The Morgan fingerprint density at radius 3 is 2.04 bits per heavy atom. The monoisotopic (exact) mass is 391 g/mol. The number of rotatable bonds is 2. The SMILES string of the molecule is O=C([C@@H]1CCCN1C(=O)C1CCN(C(=O)C(F)(F)F)CC1)N1CCOCC1. The van der Waals surface area contributed by atoms with E-state index in [1.54, 1.807) is 9.80 Å². The Balaban J connectivity index is 1.57. The molecule has 10 heteroatoms. The minimum atomic E-state index is -4.89. The molecule has 3 rings (SSSR count). The van der Waals surface area contributed by atoms with Crippen LogP contribution in [0.1, 0.15) is 25.7 Å². The van der Waals surface area contributed by atoms with Crippen LogP contribution >= 0.6 is 0 Å². The number of likely N-dealkylation sites (tertiary alicyclic amines) is 2. The van der Waals surface area contributed by atoms with Gasteiger partial charge in [0.15, 0.2) is 0 Å². The lowest BCUT2D eigenvalue weighted by molar-refractivity contribution is -0.187. The number of hydrogen-bond donors (Lipinski definition) is 0. The van der Waals surface area contributed by atoms with Gasteiger partial charge in [-0.25, -0.2) is 0 Å². The van der Waals surface area contributed by atoms with E-state index < -0.39 is 24.0 Å². The Labute approximate surface area is 155 Å². The van der Waals surface area contributed by atoms with E-state index >= 15 is 0 Å². The van der Waals surface area contributed by atoms with Gasteiger partial charge in [-0.2, -0.15) is 13.2 Å². The first-order chi connectivity index (χ1) is 12.8. The first-order valence-corrected chi connectivity index (χ1v) is 9.32. The molecule has 27 heavy (non-hydrogen) atoms. The molecule has 0 saturated carbocycles. The van der Waals surface area contributed by atoms with Crippen molar-refractivity contribution in [3.63, 3.8) is 0 Å². The molecule has 0 spiro atoms. The Kier molecular flexibility index (Phi) is 5.92. The van der Waals surface area contributed by atoms with Gasteiger partial charge in [-0.05, 0) is 25.7 Å². The van der Waals surface area contributed by atoms with Crippen LogP contribution in [0.2, 0.25) is 0 Å². The molecular weight excluding hydrogens is 367 g/mol. The Hall–Kier alpha value is -1.84. The van der Waals surface area contributed by atoms with Crippen LogP contribution in [0.3, 0.4) is 0 Å². The molecule has 7 nitrogen and oxygen atoms in total. The summed E-state index contributed by atoms with van der Waals surface area (Å²) >= 11 is 0. The molecule has 3 amide bonds. The molecule has 0 radical (unpaired) electrons. The van der Waals surface area contributed by atoms with Crippen molar-refractivity contribution in [2.75, 3.05) is 45.9 Å². The second-order valence-electron chi connectivity index (χ2n) is 7.19. The van der Waals surface area contributed by atoms with E-state index in [1.165, 1.54) is 0 Å². The van der Waals surface area contributed by atoms with Crippen LogP contribution in [-0.4, -0.2) is 90.6 Å². The van der Waals surface area contributed by atoms with Crippen LogP contribution in [0.5, 0.6) is 0 Å². The summed E-state index contributed by atoms with van der Waals surface area (Å²) in [6.45, 7) is 2.29. The third-order valence-electron chi connectivity index (χ3n) is 5.52. The van der Waals surface area contributed by atoms with Gasteiger partial charge in [0.1, 0.15) is 6.04 Å². The summed E-state index contributed by atoms with van der Waals surface area (Å²) in [5.41, 5.74) is 0. The van der Waals surface area contributed by atoms with Gasteiger partial charge in [0, 0.05) is 38.6 Å². The Bertz CT molecular complexity index is 584. The molecule has 0 unspecified atom stereocenters. The number of ether oxygens (including phenoxy) is 1. The maximum Gasteiger partial charge on any atom is 0.471 e. The molecule has 3 aliphatic rings. The Morgan fingerprint density at radius 2 is 1.44 bits per heavy atom. The highest BCUT2D eigenvalue weighted by atomic mass is 19.4. The second-order valence-corrected chi connectivity index (χ2v) is 7.19. The van der Waals surface area contributed by atoms with Crippen molar-refractivity contribution in [1.82, 2.24) is 14.7 Å². The number of carbonyl (C=O) groups is 3. The van der Waals surface area contributed by atoms with Crippen molar-refractivity contribution in [1.29, 1.82) is 0 Å². The van der Waals surface area contributed by atoms with Gasteiger partial charge in [-0.3, -0.25) is 14.4 Å². The second kappa shape index (κ2) is 8.04. The van der Waals surface area contributed by atoms with E-state index in [9.17, 15) is 27.6 Å². The highest BCUT2D eigenvalue weighted by molar-refractivity contribution is 5.89. The molecule has 3 heterocycles. The fourth-order valence-corrected chi connectivity index (χ4v) is 4.03. The van der Waals surface area contributed by atoms with Crippen molar-refractivity contribution in [2.45, 2.75) is 37.9 Å². The number of halogens is 3. The van der Waals surface area contributed by atoms with Gasteiger partial charge >= 0.3 is 12.1 Å². The largest absolute Gasteiger partial charge is 0.471 e. The summed E-state index contributed by atoms with van der Waals surface area (Å²) in [6.07, 6.45) is -3.17. The molecule has 152 valence electrons. The number of hydrogen-bond acceptors (Lipinski definition) is 4. The molecule has 0 aliphatic carbocycles. The van der Waals surface area contributed by atoms with Gasteiger partial charge in [-0.15, -0.1) is 0 Å². The zero-order valence-corrected chi connectivity index (χ0v) is 15.0. The number of piperidine rings is 1. The molecule has 0 aromatic rings. The van der Waals surface area contributed by atoms with E-state index in [0.717, 1.165) is 11.3 Å². The summed E-state index contributed by atoms with van der Waals surface area (Å²) in [7, 11) is 0. The quantitative estimate of drug-likeness (QED) is 0.693. The molecule has 0 aromatic heterocycles. The maximum atomic E-state index is 12.9. The van der Waals surface area contributed by atoms with Crippen LogP contribution in [0.25, 0.3) is 0 Å². The van der Waals surface area contributed by atoms with Crippen molar-refractivity contribution in [2.24, 2.45) is 5.92 Å². The predicted octanol–water partition coefficient (Wildman–Crippen LogP) is 0.637. The van der Waals surface area contributed by atoms with E-state index in [1.807, 2.05) is 0 Å². The van der Waals surface area contributed by atoms with Crippen LogP contribution in [0.4, 0.5) is 13.2 Å². The first-order valence-electron chi connectivity index (χ1n) is 9.32. The van der Waals surface area contributed by atoms with Crippen molar-refractivity contribution < 1.29 is 32.3 Å².